The van der Waals surface area contributed by atoms with Crippen molar-refractivity contribution < 1.29 is 93.0 Å². The molecule has 0 aromatic heterocycles. The van der Waals surface area contributed by atoms with Gasteiger partial charge in [0.25, 0.3) is 29.4 Å². The highest BCUT2D eigenvalue weighted by Crippen LogP contribution is 2.35. The molecule has 27 heteroatoms. The molecule has 6 amide bonds. The Morgan fingerprint density at radius 3 is 1.40 bits per heavy atom. The van der Waals surface area contributed by atoms with Gasteiger partial charge in [-0.15, -0.1) is 0 Å². The summed E-state index contributed by atoms with van der Waals surface area (Å²) in [5, 5.41) is 93.1. The average Bonchev–Trinajstić information content (AvgIpc) is 0.779. The van der Waals surface area contributed by atoms with Crippen molar-refractivity contribution in [3.8, 4) is 22.3 Å². The summed E-state index contributed by atoms with van der Waals surface area (Å²) in [7, 11) is 0. The molecule has 5 aromatic rings. The van der Waals surface area contributed by atoms with Crippen molar-refractivity contribution in [2.75, 3.05) is 62.4 Å². The van der Waals surface area contributed by atoms with Gasteiger partial charge in [-0.2, -0.15) is 23.5 Å². The van der Waals surface area contributed by atoms with Gasteiger partial charge in [0, 0.05) is 86.6 Å². The van der Waals surface area contributed by atoms with Gasteiger partial charge in [0.1, 0.15) is 24.4 Å². The molecule has 2 aliphatic heterocycles. The first-order valence-electron chi connectivity index (χ1n) is 30.8. The number of hydrogen-bond acceptors (Lipinski definition) is 20. The minimum atomic E-state index is -2.49. The number of unbranched alkanes of at least 4 members (excludes halogenated alkanes) is 1. The Morgan fingerprint density at radius 1 is 0.521 bits per heavy atom. The number of ether oxygens (including phenoxy) is 4. The second-order valence-electron chi connectivity index (χ2n) is 22.6. The van der Waals surface area contributed by atoms with Crippen molar-refractivity contribution in [1.82, 2.24) is 31.9 Å². The highest BCUT2D eigenvalue weighted by Gasteiger charge is 2.56. The largest absolute Gasteiger partial charge is 0.477 e. The third-order valence-electron chi connectivity index (χ3n) is 15.6. The quantitative estimate of drug-likeness (QED) is 0.0205. The number of rotatable bonds is 35. The molecule has 2 fully saturated rings. The number of aldehydes is 1. The van der Waals surface area contributed by atoms with Crippen LogP contribution >= 0.6 is 23.5 Å². The van der Waals surface area contributed by atoms with Gasteiger partial charge in [0.05, 0.1) is 49.7 Å². The molecular weight excluding hydrogens is 1260 g/mol. The fraction of sp³-hybridized carbons (Fsp3) is 0.433. The van der Waals surface area contributed by atoms with E-state index in [1.165, 1.54) is 24.8 Å². The number of aliphatic hydroxyl groups is 6. The van der Waals surface area contributed by atoms with E-state index in [1.54, 1.807) is 78.5 Å². The lowest BCUT2D eigenvalue weighted by atomic mass is 9.88. The Hall–Kier alpha value is -7.64. The van der Waals surface area contributed by atoms with E-state index in [4.69, 9.17) is 18.9 Å². The third kappa shape index (κ3) is 21.2. The van der Waals surface area contributed by atoms with E-state index in [0.29, 0.717) is 60.7 Å². The Morgan fingerprint density at radius 2 is 0.947 bits per heavy atom. The number of carbonyl (C=O) groups excluding carboxylic acids is 7. The molecular formula is C67H82N6O19S2. The molecule has 0 unspecified atom stereocenters. The van der Waals surface area contributed by atoms with Crippen LogP contribution in [0.5, 0.6) is 0 Å². The van der Waals surface area contributed by atoms with Crippen molar-refractivity contribution in [3.63, 3.8) is 0 Å². The molecule has 12 atom stereocenters. The summed E-state index contributed by atoms with van der Waals surface area (Å²) >= 11 is 2.97. The fourth-order valence-electron chi connectivity index (χ4n) is 10.6. The first kappa shape index (κ1) is 73.8. The summed E-state index contributed by atoms with van der Waals surface area (Å²) in [6.45, 7) is 1.78. The van der Waals surface area contributed by atoms with Crippen LogP contribution in [0, 0.1) is 0 Å². The number of hydrogen-bond donors (Lipinski definition) is 13. The van der Waals surface area contributed by atoms with Crippen molar-refractivity contribution in [2.24, 2.45) is 0 Å². The first-order chi connectivity index (χ1) is 45.1. The molecule has 2 aliphatic rings. The number of carboxylic acid groups (broad SMARTS) is 1. The van der Waals surface area contributed by atoms with E-state index in [-0.39, 0.29) is 48.8 Å². The molecule has 0 radical (unpaired) electrons. The van der Waals surface area contributed by atoms with E-state index in [2.05, 4.69) is 31.9 Å². The topological polar surface area (TPSA) is 387 Å². The van der Waals surface area contributed by atoms with Gasteiger partial charge in [0.15, 0.2) is 6.29 Å². The number of nitrogens with one attached hydrogen (secondary N) is 6. The van der Waals surface area contributed by atoms with E-state index in [1.807, 2.05) is 60.7 Å². The van der Waals surface area contributed by atoms with Gasteiger partial charge < -0.3 is 86.6 Å². The molecule has 0 bridgehead atoms. The van der Waals surface area contributed by atoms with Crippen molar-refractivity contribution in [3.05, 3.63) is 156 Å². The Labute approximate surface area is 552 Å². The fourth-order valence-corrected chi connectivity index (χ4v) is 12.3. The van der Waals surface area contributed by atoms with Gasteiger partial charge in [-0.05, 0) is 95.5 Å². The Balaban J connectivity index is 0.767. The van der Waals surface area contributed by atoms with E-state index in [0.717, 1.165) is 29.2 Å². The zero-order chi connectivity index (χ0) is 67.8. The summed E-state index contributed by atoms with van der Waals surface area (Å²) in [5.74, 6) is -7.17. The number of carbonyl (C=O) groups is 8. The monoisotopic (exact) mass is 1340 g/mol. The van der Waals surface area contributed by atoms with Crippen LogP contribution in [0.25, 0.3) is 22.3 Å². The predicted molar refractivity (Wildman–Crippen MR) is 349 cm³/mol. The highest BCUT2D eigenvalue weighted by molar-refractivity contribution is 7.99. The lowest BCUT2D eigenvalue weighted by molar-refractivity contribution is -0.310. The Bertz CT molecular complexity index is 3310. The molecule has 2 heterocycles. The lowest BCUT2D eigenvalue weighted by Crippen LogP contribution is -2.68. The number of benzene rings is 5. The minimum Gasteiger partial charge on any atom is -0.477 e. The SMILES string of the molecule is CC(=O)N[C@H]1[C@H]([C@H](O)[C@H](O)CNC(=O)c2ccc(-c3ccccc3)cc2)O[C@](C=O)(OCCCCSCCNC(=O)c2cccc(C(=O)NCCSCCCO[C@]3(C(=O)O)C[C@H](O)[C@@H](NC(C)=O)[C@H]([C@H](O)[C@H](O)CNC(=O)c4ccc(-c5ccccc5)cc4)O3)c2)C[C@@H]1O. The van der Waals surface area contributed by atoms with Crippen LogP contribution < -0.4 is 31.9 Å². The summed E-state index contributed by atoms with van der Waals surface area (Å²) in [4.78, 5) is 102. The number of carboxylic acids is 1. The molecule has 0 saturated carbocycles. The number of amides is 6. The molecule has 5 aromatic carbocycles. The zero-order valence-corrected chi connectivity index (χ0v) is 53.6. The minimum absolute atomic E-state index is 0.00470. The first-order valence-corrected chi connectivity index (χ1v) is 33.1. The van der Waals surface area contributed by atoms with Gasteiger partial charge in [-0.3, -0.25) is 33.6 Å². The standard InChI is InChI=1S/C67H82N6O19S2/c1-41(75)72-55-51(77)36-66(40-74,91-59(55)57(81)53(79)38-70-61(83)47-23-19-45(20-24-47)43-13-5-3-6-14-43)89-29-9-10-31-93-33-27-68-63(85)49-17-11-18-50(35-49)64(86)69-28-34-94-32-12-30-90-67(65(87)88)37-52(78)56(73-42(2)76)60(92-67)58(82)54(80)39-71-62(84)48-25-21-46(22-26-48)44-15-7-4-8-16-44/h3-8,11,13-26,35,40,51-60,77-82H,9-10,12,27-34,36-39H2,1-2H3,(H,68,85)(H,69,86)(H,70,83)(H,71,84)(H,72,75)(H,73,76)(H,87,88)/t51-,52-,53+,54+,55+,56+,57+,58+,59+,60+,66+,67+/m0/s1. The smallest absolute Gasteiger partial charge is 0.364 e. The molecule has 7 rings (SSSR count). The number of aliphatic hydroxyl groups excluding tert-OH is 6. The van der Waals surface area contributed by atoms with E-state index >= 15 is 0 Å². The molecule has 0 spiro atoms. The average molecular weight is 1340 g/mol. The van der Waals surface area contributed by atoms with Crippen LogP contribution in [-0.2, 0) is 38.1 Å². The molecule has 506 valence electrons. The van der Waals surface area contributed by atoms with Crippen LogP contribution in [-0.4, -0.2) is 218 Å². The summed E-state index contributed by atoms with van der Waals surface area (Å²) < 4.78 is 23.5. The molecule has 0 aliphatic carbocycles. The highest BCUT2D eigenvalue weighted by atomic mass is 32.2. The van der Waals surface area contributed by atoms with Crippen molar-refractivity contribution >= 4 is 71.2 Å². The van der Waals surface area contributed by atoms with Crippen LogP contribution in [0.4, 0.5) is 0 Å². The van der Waals surface area contributed by atoms with Crippen LogP contribution in [0.3, 0.4) is 0 Å². The lowest BCUT2D eigenvalue weighted by Gasteiger charge is -2.46. The molecule has 2 saturated heterocycles. The zero-order valence-electron chi connectivity index (χ0n) is 52.0. The molecule has 94 heavy (non-hydrogen) atoms. The van der Waals surface area contributed by atoms with Gasteiger partial charge >= 0.3 is 5.97 Å². The van der Waals surface area contributed by atoms with Crippen LogP contribution in [0.15, 0.2) is 133 Å². The van der Waals surface area contributed by atoms with Gasteiger partial charge in [-0.1, -0.05) is 91.0 Å². The van der Waals surface area contributed by atoms with Crippen molar-refractivity contribution in [2.45, 2.75) is 118 Å². The maximum Gasteiger partial charge on any atom is 0.364 e. The second-order valence-corrected chi connectivity index (χ2v) is 25.1. The Kier molecular flexibility index (Phi) is 28.5. The van der Waals surface area contributed by atoms with Crippen molar-refractivity contribution in [1.29, 1.82) is 0 Å². The maximum atomic E-state index is 13.1. The van der Waals surface area contributed by atoms with E-state index in [9.17, 15) is 74.1 Å². The normalized spacial score (nSPS) is 22.3. The van der Waals surface area contributed by atoms with Gasteiger partial charge in [-0.25, -0.2) is 4.79 Å². The summed E-state index contributed by atoms with van der Waals surface area (Å²) in [6.07, 6.45) is -12.7. The molecule has 25 nitrogen and oxygen atoms in total. The maximum absolute atomic E-state index is 13.1. The van der Waals surface area contributed by atoms with Gasteiger partial charge in [0.2, 0.25) is 17.6 Å². The van der Waals surface area contributed by atoms with Crippen LogP contribution in [0.1, 0.15) is 87.4 Å². The summed E-state index contributed by atoms with van der Waals surface area (Å²) in [6, 6.07) is 36.2. The second kappa shape index (κ2) is 36.3. The predicted octanol–water partition coefficient (Wildman–Crippen LogP) is 2.44. The number of aliphatic carboxylic acids is 1. The number of thioether (sulfide) groups is 2. The van der Waals surface area contributed by atoms with Crippen LogP contribution in [0.2, 0.25) is 0 Å². The van der Waals surface area contributed by atoms with E-state index < -0.39 is 128 Å². The summed E-state index contributed by atoms with van der Waals surface area (Å²) in [5.41, 5.74) is 4.77. The molecule has 13 N–H and O–H groups in total. The third-order valence-corrected chi connectivity index (χ3v) is 17.7.